The maximum Gasteiger partial charge on any atom is 0.271 e. The van der Waals surface area contributed by atoms with Gasteiger partial charge in [-0.1, -0.05) is 17.7 Å². The van der Waals surface area contributed by atoms with E-state index in [-0.39, 0.29) is 12.5 Å². The van der Waals surface area contributed by atoms with Crippen molar-refractivity contribution in [2.45, 2.75) is 63.6 Å². The van der Waals surface area contributed by atoms with Crippen molar-refractivity contribution in [3.05, 3.63) is 88.1 Å². The molecule has 7 rings (SSSR count). The van der Waals surface area contributed by atoms with Crippen molar-refractivity contribution >= 4 is 41.5 Å². The van der Waals surface area contributed by atoms with Crippen LogP contribution in [0.2, 0.25) is 5.02 Å². The van der Waals surface area contributed by atoms with Crippen molar-refractivity contribution in [1.29, 1.82) is 5.41 Å². The van der Waals surface area contributed by atoms with Gasteiger partial charge in [0, 0.05) is 35.3 Å². The highest BCUT2D eigenvalue weighted by molar-refractivity contribution is 6.30. The highest BCUT2D eigenvalue weighted by Crippen LogP contribution is 2.49. The number of nitrogens with one attached hydrogen (secondary N) is 2. The summed E-state index contributed by atoms with van der Waals surface area (Å²) < 4.78 is 19.9. The van der Waals surface area contributed by atoms with Crippen LogP contribution in [0.25, 0.3) is 11.1 Å². The van der Waals surface area contributed by atoms with Crippen LogP contribution in [0.15, 0.2) is 48.9 Å². The van der Waals surface area contributed by atoms with E-state index in [0.717, 1.165) is 32.0 Å². The van der Waals surface area contributed by atoms with Crippen molar-refractivity contribution in [3.8, 4) is 16.9 Å². The number of rotatable bonds is 10. The number of amides is 1. The zero-order valence-electron chi connectivity index (χ0n) is 25.3. The Kier molecular flexibility index (Phi) is 7.31. The van der Waals surface area contributed by atoms with Gasteiger partial charge in [-0.05, 0) is 81.7 Å². The number of pyridine rings is 2. The molecule has 0 saturated heterocycles. The number of carbonyl (C=O) groups is 2. The van der Waals surface area contributed by atoms with Gasteiger partial charge in [0.25, 0.3) is 5.91 Å². The van der Waals surface area contributed by atoms with Crippen molar-refractivity contribution in [3.63, 3.8) is 0 Å². The zero-order valence-corrected chi connectivity index (χ0v) is 26.1. The number of hydrogen-bond acceptors (Lipinski definition) is 9. The molecule has 12 heteroatoms. The molecule has 1 amide bonds. The third-order valence-corrected chi connectivity index (χ3v) is 8.95. The largest absolute Gasteiger partial charge is 0.476 e. The Balaban J connectivity index is 1.34. The van der Waals surface area contributed by atoms with Crippen LogP contribution in [0.4, 0.5) is 15.9 Å². The fraction of sp³-hybridized carbons (Fsp3) is 0.324. The van der Waals surface area contributed by atoms with Gasteiger partial charge in [-0.2, -0.15) is 0 Å². The molecule has 0 spiro atoms. The van der Waals surface area contributed by atoms with Gasteiger partial charge in [-0.3, -0.25) is 19.5 Å². The number of ether oxygens (including phenoxy) is 1. The topological polar surface area (TPSA) is 134 Å². The Morgan fingerprint density at radius 1 is 1.11 bits per heavy atom. The Morgan fingerprint density at radius 2 is 1.87 bits per heavy atom. The van der Waals surface area contributed by atoms with Crippen LogP contribution >= 0.6 is 11.6 Å². The predicted molar refractivity (Wildman–Crippen MR) is 171 cm³/mol. The van der Waals surface area contributed by atoms with Crippen LogP contribution in [-0.4, -0.2) is 43.9 Å². The summed E-state index contributed by atoms with van der Waals surface area (Å²) in [5.74, 6) is 1.08. The van der Waals surface area contributed by atoms with Crippen LogP contribution in [-0.2, 0) is 23.3 Å². The smallest absolute Gasteiger partial charge is 0.271 e. The SMILES string of the molecule is CC1(C)Oc2cc(-c3c(C=O)c(CC4CC4)nc(NC4(c5ccc(F)cn5)CC4)c3C=N)ccc2N(Cc2ncc(Cl)cn2)C1=O. The summed E-state index contributed by atoms with van der Waals surface area (Å²) >= 11 is 5.97. The first-order chi connectivity index (χ1) is 22.1. The summed E-state index contributed by atoms with van der Waals surface area (Å²) in [5, 5.41) is 12.4. The van der Waals surface area contributed by atoms with Gasteiger partial charge in [-0.25, -0.2) is 19.3 Å². The molecule has 0 bridgehead atoms. The Morgan fingerprint density at radius 3 is 2.50 bits per heavy atom. The molecule has 234 valence electrons. The molecule has 3 aliphatic rings. The van der Waals surface area contributed by atoms with E-state index >= 15 is 0 Å². The molecule has 1 aromatic carbocycles. The fourth-order valence-electron chi connectivity index (χ4n) is 5.99. The molecule has 3 aromatic heterocycles. The molecule has 0 unspecified atom stereocenters. The summed E-state index contributed by atoms with van der Waals surface area (Å²) in [7, 11) is 0. The molecule has 2 aliphatic carbocycles. The number of hydrogen-bond donors (Lipinski definition) is 2. The molecule has 0 atom stereocenters. The molecule has 46 heavy (non-hydrogen) atoms. The summed E-state index contributed by atoms with van der Waals surface area (Å²) in [4.78, 5) is 45.7. The second kappa shape index (κ2) is 11.2. The third-order valence-electron chi connectivity index (χ3n) is 8.76. The third kappa shape index (κ3) is 5.49. The second-order valence-electron chi connectivity index (χ2n) is 12.6. The molecule has 2 saturated carbocycles. The lowest BCUT2D eigenvalue weighted by molar-refractivity contribution is -0.132. The summed E-state index contributed by atoms with van der Waals surface area (Å²) in [5.41, 5.74) is 2.16. The monoisotopic (exact) mass is 639 g/mol. The van der Waals surface area contributed by atoms with Crippen molar-refractivity contribution in [1.82, 2.24) is 19.9 Å². The van der Waals surface area contributed by atoms with E-state index in [1.54, 1.807) is 36.9 Å². The van der Waals surface area contributed by atoms with Crippen LogP contribution in [0.3, 0.4) is 0 Å². The van der Waals surface area contributed by atoms with E-state index in [1.807, 2.05) is 6.07 Å². The van der Waals surface area contributed by atoms with Crippen LogP contribution in [0, 0.1) is 17.1 Å². The van der Waals surface area contributed by atoms with Crippen LogP contribution in [0.5, 0.6) is 5.75 Å². The molecule has 2 N–H and O–H groups in total. The van der Waals surface area contributed by atoms with Crippen molar-refractivity contribution < 1.29 is 18.7 Å². The van der Waals surface area contributed by atoms with E-state index in [0.29, 0.717) is 74.1 Å². The molecular weight excluding hydrogens is 609 g/mol. The molecule has 1 aliphatic heterocycles. The molecular formula is C34H31ClFN7O3. The standard InChI is InChI=1S/C34H31ClFN7O3/c1-33(2)32(45)43(17-29-39-14-21(35)15-40-29)26-7-5-20(12-27(26)46-33)30-23(13-37)31(41-25(24(30)18-44)11-19-3-4-19)42-34(9-10-34)28-8-6-22(36)16-38-28/h5-8,12-16,18-19,37H,3-4,9-11,17H2,1-2H3,(H,41,42). The summed E-state index contributed by atoms with van der Waals surface area (Å²) in [6.45, 7) is 3.50. The van der Waals surface area contributed by atoms with Gasteiger partial charge in [0.1, 0.15) is 23.2 Å². The zero-order chi connectivity index (χ0) is 32.2. The number of benzene rings is 1. The van der Waals surface area contributed by atoms with Crippen LogP contribution in [0.1, 0.15) is 72.7 Å². The summed E-state index contributed by atoms with van der Waals surface area (Å²) in [6, 6.07) is 8.44. The van der Waals surface area contributed by atoms with Gasteiger partial charge >= 0.3 is 0 Å². The number of aromatic nitrogens is 4. The van der Waals surface area contributed by atoms with Gasteiger partial charge in [0.05, 0.1) is 40.4 Å². The van der Waals surface area contributed by atoms with Crippen molar-refractivity contribution in [2.24, 2.45) is 5.92 Å². The Bertz CT molecular complexity index is 1870. The average molecular weight is 640 g/mol. The first-order valence-electron chi connectivity index (χ1n) is 15.2. The van der Waals surface area contributed by atoms with Gasteiger partial charge in [-0.15, -0.1) is 0 Å². The van der Waals surface area contributed by atoms with E-state index in [2.05, 4.69) is 20.3 Å². The Labute approximate surface area is 269 Å². The first kappa shape index (κ1) is 29.9. The number of aldehydes is 1. The van der Waals surface area contributed by atoms with Gasteiger partial charge in [0.2, 0.25) is 0 Å². The number of halogens is 2. The van der Waals surface area contributed by atoms with Gasteiger partial charge in [0.15, 0.2) is 11.9 Å². The first-order valence-corrected chi connectivity index (χ1v) is 15.5. The minimum Gasteiger partial charge on any atom is -0.476 e. The molecule has 0 radical (unpaired) electrons. The lowest BCUT2D eigenvalue weighted by Crippen LogP contribution is -2.52. The molecule has 4 heterocycles. The van der Waals surface area contributed by atoms with Crippen molar-refractivity contribution in [2.75, 3.05) is 10.2 Å². The predicted octanol–water partition coefficient (Wildman–Crippen LogP) is 6.29. The van der Waals surface area contributed by atoms with Crippen LogP contribution < -0.4 is 15.0 Å². The summed E-state index contributed by atoms with van der Waals surface area (Å²) in [6.07, 6.45) is 10.5. The Hall–Kier alpha value is -4.77. The molecule has 2 fully saturated rings. The number of carbonyl (C=O) groups excluding carboxylic acids is 2. The highest BCUT2D eigenvalue weighted by Gasteiger charge is 2.47. The minimum atomic E-state index is -1.20. The maximum atomic E-state index is 13.7. The molecule has 10 nitrogen and oxygen atoms in total. The van der Waals surface area contributed by atoms with E-state index in [9.17, 15) is 14.0 Å². The number of anilines is 2. The maximum absolute atomic E-state index is 13.7. The van der Waals surface area contributed by atoms with E-state index in [4.69, 9.17) is 26.7 Å². The second-order valence-corrected chi connectivity index (χ2v) is 13.0. The number of fused-ring (bicyclic) bond motifs is 1. The number of nitrogens with zero attached hydrogens (tertiary/aromatic N) is 5. The lowest BCUT2D eigenvalue weighted by atomic mass is 9.91. The average Bonchev–Trinajstić information content (AvgIpc) is 3.98. The van der Waals surface area contributed by atoms with Gasteiger partial charge < -0.3 is 15.5 Å². The fourth-order valence-corrected chi connectivity index (χ4v) is 6.09. The quantitative estimate of drug-likeness (QED) is 0.153. The normalized spacial score (nSPS) is 17.6. The minimum absolute atomic E-state index is 0.106. The van der Waals surface area contributed by atoms with E-state index < -0.39 is 17.0 Å². The lowest BCUT2D eigenvalue weighted by Gasteiger charge is -2.38. The highest BCUT2D eigenvalue weighted by atomic mass is 35.5. The molecule has 4 aromatic rings. The van der Waals surface area contributed by atoms with E-state index in [1.165, 1.54) is 30.9 Å².